The quantitative estimate of drug-likeness (QED) is 0.777. The van der Waals surface area contributed by atoms with E-state index < -0.39 is 0 Å². The van der Waals surface area contributed by atoms with Gasteiger partial charge in [0.2, 0.25) is 0 Å². The second-order valence-electron chi connectivity index (χ2n) is 3.40. The normalized spacial score (nSPS) is 9.94. The Kier molecular flexibility index (Phi) is 4.13. The molecule has 5 heteroatoms. The zero-order valence-corrected chi connectivity index (χ0v) is 9.43. The van der Waals surface area contributed by atoms with Gasteiger partial charge in [-0.15, -0.1) is 0 Å². The SMILES string of the molecule is COc1ccc(C(=O)N(C)CCN)cc1O. The standard InChI is InChI=1S/C11H16N2O3/c1-13(6-5-12)11(15)8-3-4-10(16-2)9(14)7-8/h3-4,7,14H,5-6,12H2,1-2H3. The Morgan fingerprint density at radius 3 is 2.75 bits per heavy atom. The summed E-state index contributed by atoms with van der Waals surface area (Å²) in [6, 6.07) is 4.54. The van der Waals surface area contributed by atoms with Gasteiger partial charge in [-0.05, 0) is 18.2 Å². The number of nitrogens with zero attached hydrogens (tertiary/aromatic N) is 1. The van der Waals surface area contributed by atoms with Gasteiger partial charge in [0.15, 0.2) is 11.5 Å². The predicted octanol–water partition coefficient (Wildman–Crippen LogP) is 0.432. The molecule has 0 fully saturated rings. The smallest absolute Gasteiger partial charge is 0.253 e. The average Bonchev–Trinajstić information content (AvgIpc) is 2.28. The minimum absolute atomic E-state index is 0.0468. The van der Waals surface area contributed by atoms with Gasteiger partial charge in [-0.1, -0.05) is 0 Å². The Morgan fingerprint density at radius 2 is 2.25 bits per heavy atom. The molecule has 0 atom stereocenters. The molecule has 16 heavy (non-hydrogen) atoms. The molecule has 88 valence electrons. The number of hydrogen-bond donors (Lipinski definition) is 2. The first-order valence-electron chi connectivity index (χ1n) is 4.92. The molecule has 1 aromatic rings. The molecular weight excluding hydrogens is 208 g/mol. The van der Waals surface area contributed by atoms with Crippen LogP contribution in [0.5, 0.6) is 11.5 Å². The topological polar surface area (TPSA) is 75.8 Å². The third-order valence-corrected chi connectivity index (χ3v) is 2.24. The van der Waals surface area contributed by atoms with E-state index >= 15 is 0 Å². The van der Waals surface area contributed by atoms with Crippen LogP contribution in [0.3, 0.4) is 0 Å². The van der Waals surface area contributed by atoms with Crippen molar-refractivity contribution in [2.75, 3.05) is 27.2 Å². The average molecular weight is 224 g/mol. The lowest BCUT2D eigenvalue weighted by Gasteiger charge is -2.16. The second kappa shape index (κ2) is 5.37. The molecule has 0 aliphatic rings. The molecule has 1 aromatic carbocycles. The fourth-order valence-corrected chi connectivity index (χ4v) is 1.34. The number of ether oxygens (including phenoxy) is 1. The van der Waals surface area contributed by atoms with Crippen LogP contribution >= 0.6 is 0 Å². The molecular formula is C11H16N2O3. The van der Waals surface area contributed by atoms with Crippen molar-refractivity contribution in [3.8, 4) is 11.5 Å². The van der Waals surface area contributed by atoms with Gasteiger partial charge in [0.05, 0.1) is 7.11 Å². The van der Waals surface area contributed by atoms with Crippen molar-refractivity contribution < 1.29 is 14.6 Å². The number of hydrogen-bond acceptors (Lipinski definition) is 4. The van der Waals surface area contributed by atoms with Crippen LogP contribution in [0.1, 0.15) is 10.4 Å². The van der Waals surface area contributed by atoms with Gasteiger partial charge in [-0.3, -0.25) is 4.79 Å². The van der Waals surface area contributed by atoms with Crippen LogP contribution in [0.2, 0.25) is 0 Å². The fraction of sp³-hybridized carbons (Fsp3) is 0.364. The summed E-state index contributed by atoms with van der Waals surface area (Å²) in [5.74, 6) is 0.121. The minimum Gasteiger partial charge on any atom is -0.504 e. The minimum atomic E-state index is -0.177. The van der Waals surface area contributed by atoms with Crippen LogP contribution in [-0.4, -0.2) is 43.2 Å². The number of phenolic OH excluding ortho intramolecular Hbond substituents is 1. The van der Waals surface area contributed by atoms with Crippen molar-refractivity contribution in [1.29, 1.82) is 0 Å². The molecule has 3 N–H and O–H groups in total. The number of rotatable bonds is 4. The van der Waals surface area contributed by atoms with Crippen molar-refractivity contribution in [1.82, 2.24) is 4.90 Å². The number of methoxy groups -OCH3 is 1. The fourth-order valence-electron chi connectivity index (χ4n) is 1.34. The number of likely N-dealkylation sites (N-methyl/N-ethyl adjacent to an activating group) is 1. The maximum atomic E-state index is 11.8. The second-order valence-corrected chi connectivity index (χ2v) is 3.40. The number of carbonyl (C=O) groups excluding carboxylic acids is 1. The summed E-state index contributed by atoms with van der Waals surface area (Å²) in [5, 5.41) is 9.53. The highest BCUT2D eigenvalue weighted by atomic mass is 16.5. The van der Waals surface area contributed by atoms with E-state index in [1.807, 2.05) is 0 Å². The highest BCUT2D eigenvalue weighted by Gasteiger charge is 2.13. The van der Waals surface area contributed by atoms with Gasteiger partial charge in [0.1, 0.15) is 0 Å². The Bertz CT molecular complexity index is 379. The van der Waals surface area contributed by atoms with Crippen molar-refractivity contribution in [2.24, 2.45) is 5.73 Å². The molecule has 1 rings (SSSR count). The molecule has 1 amide bonds. The lowest BCUT2D eigenvalue weighted by molar-refractivity contribution is 0.0798. The van der Waals surface area contributed by atoms with Gasteiger partial charge in [0.25, 0.3) is 5.91 Å². The summed E-state index contributed by atoms with van der Waals surface area (Å²) in [7, 11) is 3.12. The van der Waals surface area contributed by atoms with Gasteiger partial charge < -0.3 is 20.5 Å². The molecule has 0 heterocycles. The van der Waals surface area contributed by atoms with E-state index in [2.05, 4.69) is 0 Å². The van der Waals surface area contributed by atoms with Crippen LogP contribution in [-0.2, 0) is 0 Å². The molecule has 0 unspecified atom stereocenters. The third-order valence-electron chi connectivity index (χ3n) is 2.24. The van der Waals surface area contributed by atoms with Crippen molar-refractivity contribution in [3.63, 3.8) is 0 Å². The Morgan fingerprint density at radius 1 is 1.56 bits per heavy atom. The van der Waals surface area contributed by atoms with Crippen molar-refractivity contribution in [3.05, 3.63) is 23.8 Å². The zero-order valence-electron chi connectivity index (χ0n) is 9.43. The highest BCUT2D eigenvalue weighted by Crippen LogP contribution is 2.26. The summed E-state index contributed by atoms with van der Waals surface area (Å²) in [6.07, 6.45) is 0. The Labute approximate surface area is 94.4 Å². The monoisotopic (exact) mass is 224 g/mol. The number of carbonyl (C=O) groups is 1. The van der Waals surface area contributed by atoms with Crippen LogP contribution in [0.4, 0.5) is 0 Å². The van der Waals surface area contributed by atoms with E-state index in [-0.39, 0.29) is 11.7 Å². The molecule has 0 spiro atoms. The first-order chi connectivity index (χ1) is 7.60. The molecule has 0 saturated carbocycles. The van der Waals surface area contributed by atoms with E-state index in [9.17, 15) is 9.90 Å². The summed E-state index contributed by atoms with van der Waals surface area (Å²) >= 11 is 0. The molecule has 0 aliphatic heterocycles. The van der Waals surface area contributed by atoms with Crippen LogP contribution in [0, 0.1) is 0 Å². The maximum Gasteiger partial charge on any atom is 0.253 e. The van der Waals surface area contributed by atoms with Gasteiger partial charge in [0, 0.05) is 25.7 Å². The molecule has 0 radical (unpaired) electrons. The number of aromatic hydroxyl groups is 1. The molecule has 5 nitrogen and oxygen atoms in total. The van der Waals surface area contributed by atoms with E-state index in [4.69, 9.17) is 10.5 Å². The summed E-state index contributed by atoms with van der Waals surface area (Å²) in [5.41, 5.74) is 5.77. The van der Waals surface area contributed by atoms with Crippen molar-refractivity contribution in [2.45, 2.75) is 0 Å². The Hall–Kier alpha value is -1.75. The largest absolute Gasteiger partial charge is 0.504 e. The predicted molar refractivity (Wildman–Crippen MR) is 60.7 cm³/mol. The Balaban J connectivity index is 2.88. The number of amides is 1. The molecule has 0 aromatic heterocycles. The summed E-state index contributed by atoms with van der Waals surface area (Å²) in [6.45, 7) is 0.885. The van der Waals surface area contributed by atoms with Crippen molar-refractivity contribution >= 4 is 5.91 Å². The highest BCUT2D eigenvalue weighted by molar-refractivity contribution is 5.94. The molecule has 0 aliphatic carbocycles. The summed E-state index contributed by atoms with van der Waals surface area (Å²) in [4.78, 5) is 13.3. The van der Waals surface area contributed by atoms with E-state index in [0.29, 0.717) is 24.4 Å². The first-order valence-corrected chi connectivity index (χ1v) is 4.92. The number of nitrogens with two attached hydrogens (primary N) is 1. The summed E-state index contributed by atoms with van der Waals surface area (Å²) < 4.78 is 4.89. The third kappa shape index (κ3) is 2.64. The molecule has 0 saturated heterocycles. The van der Waals surface area contributed by atoms with E-state index in [1.54, 1.807) is 19.2 Å². The lowest BCUT2D eigenvalue weighted by atomic mass is 10.2. The lowest BCUT2D eigenvalue weighted by Crippen LogP contribution is -2.31. The zero-order chi connectivity index (χ0) is 12.1. The van der Waals surface area contributed by atoms with E-state index in [0.717, 1.165) is 0 Å². The van der Waals surface area contributed by atoms with Gasteiger partial charge >= 0.3 is 0 Å². The van der Waals surface area contributed by atoms with Crippen LogP contribution in [0.15, 0.2) is 18.2 Å². The molecule has 0 bridgehead atoms. The maximum absolute atomic E-state index is 11.8. The number of phenols is 1. The number of benzene rings is 1. The van der Waals surface area contributed by atoms with Crippen LogP contribution in [0.25, 0.3) is 0 Å². The van der Waals surface area contributed by atoms with Gasteiger partial charge in [-0.2, -0.15) is 0 Å². The van der Waals surface area contributed by atoms with Crippen LogP contribution < -0.4 is 10.5 Å². The van der Waals surface area contributed by atoms with E-state index in [1.165, 1.54) is 18.1 Å². The first kappa shape index (κ1) is 12.3. The van der Waals surface area contributed by atoms with Gasteiger partial charge in [-0.25, -0.2) is 0 Å².